The second kappa shape index (κ2) is 8.07. The number of piperazine rings is 1. The summed E-state index contributed by atoms with van der Waals surface area (Å²) in [7, 11) is 2.86. The molecule has 2 aromatic rings. The van der Waals surface area contributed by atoms with Crippen molar-refractivity contribution < 1.29 is 19.1 Å². The zero-order valence-electron chi connectivity index (χ0n) is 18.5. The van der Waals surface area contributed by atoms with Crippen LogP contribution in [0, 0.1) is 0 Å². The first-order valence-corrected chi connectivity index (χ1v) is 10.8. The number of fused-ring (bicyclic) bond motifs is 2. The van der Waals surface area contributed by atoms with Gasteiger partial charge in [-0.3, -0.25) is 28.4 Å². The van der Waals surface area contributed by atoms with Crippen LogP contribution in [0.2, 0.25) is 0 Å². The maximum atomic E-state index is 13.0. The van der Waals surface area contributed by atoms with Crippen molar-refractivity contribution in [1.29, 1.82) is 0 Å². The molecule has 1 aromatic carbocycles. The van der Waals surface area contributed by atoms with Crippen LogP contribution in [-0.4, -0.2) is 63.7 Å². The van der Waals surface area contributed by atoms with E-state index in [1.165, 1.54) is 18.7 Å². The van der Waals surface area contributed by atoms with E-state index in [9.17, 15) is 19.2 Å². The summed E-state index contributed by atoms with van der Waals surface area (Å²) >= 11 is 0. The molecule has 1 saturated heterocycles. The number of hydrogen-bond donors (Lipinski definition) is 1. The Morgan fingerprint density at radius 3 is 2.52 bits per heavy atom. The van der Waals surface area contributed by atoms with Crippen LogP contribution in [0.15, 0.2) is 27.8 Å². The van der Waals surface area contributed by atoms with E-state index in [0.717, 1.165) is 28.2 Å². The number of carbonyl (C=O) groups is 2. The Balaban J connectivity index is 1.22. The van der Waals surface area contributed by atoms with Crippen molar-refractivity contribution in [3.8, 4) is 11.5 Å². The summed E-state index contributed by atoms with van der Waals surface area (Å²) in [5.74, 6) is 0.172. The lowest BCUT2D eigenvalue weighted by Crippen LogP contribution is -2.48. The third kappa shape index (κ3) is 3.67. The van der Waals surface area contributed by atoms with E-state index < -0.39 is 23.1 Å². The largest absolute Gasteiger partial charge is 0.454 e. The number of ether oxygens (including phenoxy) is 2. The lowest BCUT2D eigenvalue weighted by Gasteiger charge is -2.35. The van der Waals surface area contributed by atoms with Gasteiger partial charge >= 0.3 is 5.69 Å². The van der Waals surface area contributed by atoms with Gasteiger partial charge in [-0.15, -0.1) is 0 Å². The summed E-state index contributed by atoms with van der Waals surface area (Å²) in [6, 6.07) is 5.89. The average Bonchev–Trinajstić information content (AvgIpc) is 3.41. The van der Waals surface area contributed by atoms with E-state index in [-0.39, 0.29) is 30.5 Å². The molecule has 0 spiro atoms. The Hall–Kier alpha value is -3.60. The number of benzene rings is 1. The van der Waals surface area contributed by atoms with Crippen molar-refractivity contribution in [2.75, 3.05) is 38.3 Å². The summed E-state index contributed by atoms with van der Waals surface area (Å²) in [4.78, 5) is 54.3. The van der Waals surface area contributed by atoms with Gasteiger partial charge in [-0.05, 0) is 17.7 Å². The molecule has 0 aliphatic carbocycles. The van der Waals surface area contributed by atoms with Crippen LogP contribution in [0.5, 0.6) is 11.5 Å². The number of nitrogens with zero attached hydrogens (tertiary/aromatic N) is 4. The first kappa shape index (κ1) is 21.3. The first-order chi connectivity index (χ1) is 15.8. The van der Waals surface area contributed by atoms with E-state index in [2.05, 4.69) is 10.2 Å². The van der Waals surface area contributed by atoms with Crippen LogP contribution >= 0.6 is 0 Å². The molecule has 0 radical (unpaired) electrons. The van der Waals surface area contributed by atoms with Crippen LogP contribution in [0.25, 0.3) is 0 Å². The molecule has 1 fully saturated rings. The smallest absolute Gasteiger partial charge is 0.332 e. The molecule has 1 aromatic heterocycles. The van der Waals surface area contributed by atoms with Gasteiger partial charge in [-0.2, -0.15) is 0 Å². The molecule has 0 unspecified atom stereocenters. The molecule has 0 saturated carbocycles. The fraction of sp³-hybridized carbons (Fsp3) is 0.455. The molecule has 0 bridgehead atoms. The van der Waals surface area contributed by atoms with E-state index >= 15 is 0 Å². The Morgan fingerprint density at radius 2 is 1.76 bits per heavy atom. The number of anilines is 1. The molecule has 11 nitrogen and oxygen atoms in total. The maximum absolute atomic E-state index is 13.0. The number of aromatic nitrogens is 2. The highest BCUT2D eigenvalue weighted by Crippen LogP contribution is 2.33. The lowest BCUT2D eigenvalue weighted by atomic mass is 9.98. The SMILES string of the molecule is Cn1c2c(c(=O)n(C)c1=O)[C@@H](CC(=O)N1CCN(Cc3ccc4c(c3)OCO4)CC1)C(=O)N2. The quantitative estimate of drug-likeness (QED) is 0.666. The van der Waals surface area contributed by atoms with Crippen molar-refractivity contribution in [3.63, 3.8) is 0 Å². The molecule has 3 aliphatic rings. The lowest BCUT2D eigenvalue weighted by molar-refractivity contribution is -0.135. The Morgan fingerprint density at radius 1 is 1.03 bits per heavy atom. The fourth-order valence-corrected chi connectivity index (χ4v) is 4.62. The van der Waals surface area contributed by atoms with Crippen LogP contribution in [0.3, 0.4) is 0 Å². The van der Waals surface area contributed by atoms with E-state index in [0.29, 0.717) is 26.2 Å². The first-order valence-electron chi connectivity index (χ1n) is 10.8. The highest BCUT2D eigenvalue weighted by atomic mass is 16.7. The topological polar surface area (TPSA) is 115 Å². The predicted molar refractivity (Wildman–Crippen MR) is 117 cm³/mol. The fourth-order valence-electron chi connectivity index (χ4n) is 4.62. The minimum Gasteiger partial charge on any atom is -0.454 e. The average molecular weight is 455 g/mol. The normalized spacial score (nSPS) is 19.5. The minimum absolute atomic E-state index is 0.103. The molecule has 174 valence electrons. The monoisotopic (exact) mass is 455 g/mol. The van der Waals surface area contributed by atoms with Gasteiger partial charge in [-0.1, -0.05) is 6.07 Å². The van der Waals surface area contributed by atoms with E-state index in [4.69, 9.17) is 9.47 Å². The third-order valence-corrected chi connectivity index (χ3v) is 6.55. The van der Waals surface area contributed by atoms with Crippen LogP contribution in [0.4, 0.5) is 5.82 Å². The molecule has 1 N–H and O–H groups in total. The third-order valence-electron chi connectivity index (χ3n) is 6.55. The number of nitrogens with one attached hydrogen (secondary N) is 1. The number of hydrogen-bond acceptors (Lipinski definition) is 7. The van der Waals surface area contributed by atoms with E-state index in [1.807, 2.05) is 18.2 Å². The van der Waals surface area contributed by atoms with Crippen molar-refractivity contribution in [3.05, 3.63) is 50.2 Å². The molecule has 2 amide bonds. The zero-order chi connectivity index (χ0) is 23.3. The Labute approximate surface area is 189 Å². The van der Waals surface area contributed by atoms with Gasteiger partial charge in [0.1, 0.15) is 5.82 Å². The van der Waals surface area contributed by atoms with Crippen molar-refractivity contribution >= 4 is 17.6 Å². The van der Waals surface area contributed by atoms with Gasteiger partial charge < -0.3 is 19.7 Å². The van der Waals surface area contributed by atoms with Gasteiger partial charge in [-0.25, -0.2) is 4.79 Å². The van der Waals surface area contributed by atoms with Gasteiger partial charge in [0.2, 0.25) is 18.6 Å². The van der Waals surface area contributed by atoms with Gasteiger partial charge in [0.05, 0.1) is 11.5 Å². The predicted octanol–water partition coefficient (Wildman–Crippen LogP) is -0.417. The highest BCUT2D eigenvalue weighted by Gasteiger charge is 2.38. The van der Waals surface area contributed by atoms with Crippen LogP contribution in [-0.2, 0) is 30.2 Å². The van der Waals surface area contributed by atoms with Crippen molar-refractivity contribution in [1.82, 2.24) is 18.9 Å². The molecule has 3 aliphatic heterocycles. The highest BCUT2D eigenvalue weighted by molar-refractivity contribution is 6.04. The molecule has 33 heavy (non-hydrogen) atoms. The van der Waals surface area contributed by atoms with Crippen molar-refractivity contribution in [2.24, 2.45) is 14.1 Å². The molecular weight excluding hydrogens is 430 g/mol. The Bertz CT molecular complexity index is 1260. The van der Waals surface area contributed by atoms with Crippen LogP contribution < -0.4 is 26.0 Å². The number of rotatable bonds is 4. The van der Waals surface area contributed by atoms with E-state index in [1.54, 1.807) is 4.90 Å². The molecule has 4 heterocycles. The Kier molecular flexibility index (Phi) is 5.20. The second-order valence-electron chi connectivity index (χ2n) is 8.56. The summed E-state index contributed by atoms with van der Waals surface area (Å²) in [6.07, 6.45) is -0.103. The maximum Gasteiger partial charge on any atom is 0.332 e. The zero-order valence-corrected chi connectivity index (χ0v) is 18.5. The van der Waals surface area contributed by atoms with Crippen molar-refractivity contribution in [2.45, 2.75) is 18.9 Å². The second-order valence-corrected chi connectivity index (χ2v) is 8.56. The summed E-state index contributed by atoms with van der Waals surface area (Å²) in [5.41, 5.74) is 0.224. The summed E-state index contributed by atoms with van der Waals surface area (Å²) < 4.78 is 13.0. The molecule has 1 atom stereocenters. The van der Waals surface area contributed by atoms with Crippen LogP contribution in [0.1, 0.15) is 23.5 Å². The van der Waals surface area contributed by atoms with Gasteiger partial charge in [0, 0.05) is 53.2 Å². The summed E-state index contributed by atoms with van der Waals surface area (Å²) in [5, 5.41) is 2.60. The summed E-state index contributed by atoms with van der Waals surface area (Å²) in [6.45, 7) is 3.45. The molecular formula is C22H25N5O6. The number of amides is 2. The van der Waals surface area contributed by atoms with Gasteiger partial charge in [0.15, 0.2) is 11.5 Å². The standard InChI is InChI=1S/C22H25N5O6/c1-24-19-18(21(30)25(2)22(24)31)14(20(29)23-19)10-17(28)27-7-5-26(6-8-27)11-13-3-4-15-16(9-13)33-12-32-15/h3-4,9,14H,5-8,10-12H2,1-2H3,(H,23,29)/t14-/m1/s1. The molecule has 5 rings (SSSR count). The minimum atomic E-state index is -0.898. The molecule has 11 heteroatoms. The number of carbonyl (C=O) groups excluding carboxylic acids is 2. The van der Waals surface area contributed by atoms with Gasteiger partial charge in [0.25, 0.3) is 5.56 Å².